The average Bonchev–Trinajstić information content (AvgIpc) is 2.60. The van der Waals surface area contributed by atoms with E-state index in [2.05, 4.69) is 25.7 Å². The minimum absolute atomic E-state index is 0.171. The maximum Gasteiger partial charge on any atom is 0.255 e. The van der Waals surface area contributed by atoms with Gasteiger partial charge in [0.1, 0.15) is 18.1 Å². The van der Waals surface area contributed by atoms with Gasteiger partial charge in [0, 0.05) is 17.3 Å². The van der Waals surface area contributed by atoms with Gasteiger partial charge >= 0.3 is 0 Å². The van der Waals surface area contributed by atoms with Gasteiger partial charge in [0.2, 0.25) is 0 Å². The Morgan fingerprint density at radius 1 is 1.08 bits per heavy atom. The third-order valence-electron chi connectivity index (χ3n) is 3.66. The second-order valence-corrected chi connectivity index (χ2v) is 6.78. The van der Waals surface area contributed by atoms with Gasteiger partial charge < -0.3 is 14.8 Å². The molecule has 0 aliphatic rings. The molecule has 2 aromatic carbocycles. The van der Waals surface area contributed by atoms with Crippen molar-refractivity contribution in [2.45, 2.75) is 27.2 Å². The van der Waals surface area contributed by atoms with E-state index < -0.39 is 0 Å². The fraction of sp³-hybridized carbons (Fsp3) is 0.318. The zero-order chi connectivity index (χ0) is 18.9. The van der Waals surface area contributed by atoms with Crippen LogP contribution >= 0.6 is 0 Å². The van der Waals surface area contributed by atoms with Crippen LogP contribution in [0.4, 0.5) is 5.69 Å². The topological polar surface area (TPSA) is 47.6 Å². The number of carbonyl (C=O) groups is 1. The Hall–Kier alpha value is -2.75. The minimum Gasteiger partial charge on any atom is -0.494 e. The van der Waals surface area contributed by atoms with Crippen LogP contribution in [0.15, 0.2) is 60.7 Å². The zero-order valence-corrected chi connectivity index (χ0v) is 15.7. The van der Waals surface area contributed by atoms with Crippen molar-refractivity contribution in [1.82, 2.24) is 0 Å². The number of hydrogen-bond acceptors (Lipinski definition) is 3. The van der Waals surface area contributed by atoms with E-state index in [1.54, 1.807) is 18.2 Å². The Labute approximate surface area is 155 Å². The summed E-state index contributed by atoms with van der Waals surface area (Å²) in [5.74, 6) is 1.91. The summed E-state index contributed by atoms with van der Waals surface area (Å²) in [6.07, 6.45) is 1.01. The van der Waals surface area contributed by atoms with Gasteiger partial charge in [-0.3, -0.25) is 4.79 Å². The van der Waals surface area contributed by atoms with Crippen LogP contribution in [-0.4, -0.2) is 19.1 Å². The van der Waals surface area contributed by atoms with E-state index in [1.807, 2.05) is 37.3 Å². The van der Waals surface area contributed by atoms with Crippen LogP contribution in [-0.2, 0) is 0 Å². The Morgan fingerprint density at radius 2 is 1.81 bits per heavy atom. The number of carbonyl (C=O) groups excluding carboxylic acids is 1. The van der Waals surface area contributed by atoms with E-state index in [0.29, 0.717) is 36.1 Å². The van der Waals surface area contributed by atoms with Gasteiger partial charge in [0.15, 0.2) is 0 Å². The van der Waals surface area contributed by atoms with Crippen molar-refractivity contribution in [3.8, 4) is 11.5 Å². The molecule has 1 N–H and O–H groups in total. The first-order valence-electron chi connectivity index (χ1n) is 8.85. The first-order valence-corrected chi connectivity index (χ1v) is 8.85. The molecule has 0 aromatic heterocycles. The quantitative estimate of drug-likeness (QED) is 0.621. The molecular formula is C22H27NO3. The number of nitrogens with one attached hydrogen (secondary N) is 1. The SMILES string of the molecule is C=C(C)COc1cccc(NC(=O)c2ccc(OCCC(C)C)cc2)c1. The largest absolute Gasteiger partial charge is 0.494 e. The molecule has 0 atom stereocenters. The summed E-state index contributed by atoms with van der Waals surface area (Å²) in [5, 5.41) is 2.88. The molecule has 4 nitrogen and oxygen atoms in total. The highest BCUT2D eigenvalue weighted by molar-refractivity contribution is 6.04. The van der Waals surface area contributed by atoms with Crippen LogP contribution in [0.2, 0.25) is 0 Å². The van der Waals surface area contributed by atoms with Crippen LogP contribution < -0.4 is 14.8 Å². The Balaban J connectivity index is 1.93. The number of rotatable bonds is 9. The lowest BCUT2D eigenvalue weighted by molar-refractivity contribution is 0.102. The first-order chi connectivity index (χ1) is 12.4. The lowest BCUT2D eigenvalue weighted by atomic mass is 10.1. The first kappa shape index (κ1) is 19.6. The third-order valence-corrected chi connectivity index (χ3v) is 3.66. The molecule has 26 heavy (non-hydrogen) atoms. The van der Waals surface area contributed by atoms with Crippen LogP contribution in [0.3, 0.4) is 0 Å². The number of anilines is 1. The summed E-state index contributed by atoms with van der Waals surface area (Å²) in [7, 11) is 0. The zero-order valence-electron chi connectivity index (χ0n) is 15.7. The van der Waals surface area contributed by atoms with Crippen LogP contribution in [0.5, 0.6) is 11.5 Å². The van der Waals surface area contributed by atoms with E-state index in [4.69, 9.17) is 9.47 Å². The minimum atomic E-state index is -0.171. The summed E-state index contributed by atoms with van der Waals surface area (Å²) in [4.78, 5) is 12.4. The molecule has 1 amide bonds. The molecule has 0 saturated carbocycles. The Bertz CT molecular complexity index is 735. The van der Waals surface area contributed by atoms with Gasteiger partial charge in [-0.15, -0.1) is 0 Å². The number of amides is 1. The second kappa shape index (κ2) is 9.66. The van der Waals surface area contributed by atoms with Crippen LogP contribution in [0.1, 0.15) is 37.6 Å². The molecule has 0 heterocycles. The van der Waals surface area contributed by atoms with Crippen molar-refractivity contribution in [1.29, 1.82) is 0 Å². The predicted octanol–water partition coefficient (Wildman–Crippen LogP) is 5.32. The molecule has 0 saturated heterocycles. The highest BCUT2D eigenvalue weighted by atomic mass is 16.5. The molecule has 0 fully saturated rings. The summed E-state index contributed by atoms with van der Waals surface area (Å²) >= 11 is 0. The lowest BCUT2D eigenvalue weighted by Gasteiger charge is -2.10. The van der Waals surface area contributed by atoms with E-state index in [0.717, 1.165) is 17.7 Å². The normalized spacial score (nSPS) is 10.5. The van der Waals surface area contributed by atoms with Gasteiger partial charge in [-0.05, 0) is 61.2 Å². The van der Waals surface area contributed by atoms with Crippen molar-refractivity contribution in [2.75, 3.05) is 18.5 Å². The molecular weight excluding hydrogens is 326 g/mol. The molecule has 138 valence electrons. The summed E-state index contributed by atoms with van der Waals surface area (Å²) in [6, 6.07) is 14.5. The third kappa shape index (κ3) is 6.63. The molecule has 0 spiro atoms. The van der Waals surface area contributed by atoms with Crippen molar-refractivity contribution in [3.63, 3.8) is 0 Å². The van der Waals surface area contributed by atoms with Gasteiger partial charge in [0.05, 0.1) is 6.61 Å². The van der Waals surface area contributed by atoms with E-state index >= 15 is 0 Å². The maximum atomic E-state index is 12.4. The monoisotopic (exact) mass is 353 g/mol. The Morgan fingerprint density at radius 3 is 2.46 bits per heavy atom. The standard InChI is InChI=1S/C22H27NO3/c1-16(2)12-13-25-20-10-8-18(9-11-20)22(24)23-19-6-5-7-21(14-19)26-15-17(3)4/h5-11,14,16H,3,12-13,15H2,1-2,4H3,(H,23,24). The Kier molecular flexibility index (Phi) is 7.27. The lowest BCUT2D eigenvalue weighted by Crippen LogP contribution is -2.12. The fourth-order valence-electron chi connectivity index (χ4n) is 2.19. The molecule has 0 aliphatic carbocycles. The van der Waals surface area contributed by atoms with Gasteiger partial charge in [0.25, 0.3) is 5.91 Å². The molecule has 2 aromatic rings. The fourth-order valence-corrected chi connectivity index (χ4v) is 2.19. The van der Waals surface area contributed by atoms with E-state index in [-0.39, 0.29) is 5.91 Å². The molecule has 0 bridgehead atoms. The smallest absolute Gasteiger partial charge is 0.255 e. The van der Waals surface area contributed by atoms with Crippen LogP contribution in [0, 0.1) is 5.92 Å². The van der Waals surface area contributed by atoms with Gasteiger partial charge in [-0.25, -0.2) is 0 Å². The molecule has 0 unspecified atom stereocenters. The number of hydrogen-bond donors (Lipinski definition) is 1. The second-order valence-electron chi connectivity index (χ2n) is 6.78. The highest BCUT2D eigenvalue weighted by Gasteiger charge is 2.07. The van der Waals surface area contributed by atoms with Crippen molar-refractivity contribution in [2.24, 2.45) is 5.92 Å². The van der Waals surface area contributed by atoms with Gasteiger partial charge in [-0.2, -0.15) is 0 Å². The summed E-state index contributed by atoms with van der Waals surface area (Å²) in [6.45, 7) is 11.2. The number of ether oxygens (including phenoxy) is 2. The van der Waals surface area contributed by atoms with E-state index in [1.165, 1.54) is 0 Å². The summed E-state index contributed by atoms with van der Waals surface area (Å²) in [5.41, 5.74) is 2.20. The predicted molar refractivity (Wildman–Crippen MR) is 106 cm³/mol. The van der Waals surface area contributed by atoms with Gasteiger partial charge in [-0.1, -0.05) is 26.5 Å². The molecule has 2 rings (SSSR count). The van der Waals surface area contributed by atoms with Crippen LogP contribution in [0.25, 0.3) is 0 Å². The molecule has 0 aliphatic heterocycles. The maximum absolute atomic E-state index is 12.4. The molecule has 4 heteroatoms. The highest BCUT2D eigenvalue weighted by Crippen LogP contribution is 2.19. The van der Waals surface area contributed by atoms with Crippen molar-refractivity contribution < 1.29 is 14.3 Å². The van der Waals surface area contributed by atoms with Crippen molar-refractivity contribution >= 4 is 11.6 Å². The van der Waals surface area contributed by atoms with Crippen molar-refractivity contribution in [3.05, 3.63) is 66.2 Å². The average molecular weight is 353 g/mol. The summed E-state index contributed by atoms with van der Waals surface area (Å²) < 4.78 is 11.3. The van der Waals surface area contributed by atoms with E-state index in [9.17, 15) is 4.79 Å². The number of benzene rings is 2. The molecule has 0 radical (unpaired) electrons.